The molecule has 0 fully saturated rings. The summed E-state index contributed by atoms with van der Waals surface area (Å²) in [5, 5.41) is 6.58. The predicted molar refractivity (Wildman–Crippen MR) is 80.8 cm³/mol. The third-order valence-electron chi connectivity index (χ3n) is 2.27. The van der Waals surface area contributed by atoms with Gasteiger partial charge in [-0.05, 0) is 47.7 Å². The summed E-state index contributed by atoms with van der Waals surface area (Å²) in [5.74, 6) is 0.892. The average Bonchev–Trinajstić information content (AvgIpc) is 2.33. The van der Waals surface area contributed by atoms with E-state index >= 15 is 0 Å². The van der Waals surface area contributed by atoms with Gasteiger partial charge in [0.1, 0.15) is 5.82 Å². The van der Waals surface area contributed by atoms with E-state index in [1.54, 1.807) is 6.20 Å². The maximum absolute atomic E-state index is 4.24. The van der Waals surface area contributed by atoms with Crippen molar-refractivity contribution in [3.8, 4) is 0 Å². The van der Waals surface area contributed by atoms with E-state index in [1.807, 2.05) is 24.3 Å². The number of nitrogens with one attached hydrogen (secondary N) is 2. The molecule has 0 spiro atoms. The maximum Gasteiger partial charge on any atom is 0.127 e. The second kappa shape index (κ2) is 5.86. The van der Waals surface area contributed by atoms with Gasteiger partial charge in [-0.2, -0.15) is 0 Å². The number of rotatable bonds is 4. The Bertz CT molecular complexity index is 500. The van der Waals surface area contributed by atoms with Gasteiger partial charge in [-0.3, -0.25) is 0 Å². The molecule has 2 aromatic rings. The van der Waals surface area contributed by atoms with E-state index in [-0.39, 0.29) is 0 Å². The van der Waals surface area contributed by atoms with Crippen LogP contribution in [0.25, 0.3) is 0 Å². The molecule has 88 valence electrons. The first-order chi connectivity index (χ1) is 8.29. The van der Waals surface area contributed by atoms with Crippen molar-refractivity contribution in [1.82, 2.24) is 4.98 Å². The van der Waals surface area contributed by atoms with Gasteiger partial charge >= 0.3 is 0 Å². The summed E-state index contributed by atoms with van der Waals surface area (Å²) < 4.78 is 1.20. The van der Waals surface area contributed by atoms with Crippen LogP contribution in [0.15, 0.2) is 42.6 Å². The number of pyridine rings is 1. The third kappa shape index (κ3) is 3.33. The topological polar surface area (TPSA) is 37.0 Å². The van der Waals surface area contributed by atoms with Crippen LogP contribution in [0.3, 0.4) is 0 Å². The van der Waals surface area contributed by atoms with Gasteiger partial charge in [0.05, 0.1) is 5.69 Å². The highest BCUT2D eigenvalue weighted by Crippen LogP contribution is 2.22. The van der Waals surface area contributed by atoms with Crippen LogP contribution in [-0.4, -0.2) is 11.5 Å². The van der Waals surface area contributed by atoms with Crippen LogP contribution in [0.2, 0.25) is 0 Å². The fourth-order valence-electron chi connectivity index (χ4n) is 1.50. The van der Waals surface area contributed by atoms with Gasteiger partial charge < -0.3 is 10.6 Å². The van der Waals surface area contributed by atoms with Crippen molar-refractivity contribution in [2.75, 3.05) is 17.2 Å². The van der Waals surface area contributed by atoms with Crippen LogP contribution in [-0.2, 0) is 0 Å². The van der Waals surface area contributed by atoms with Crippen molar-refractivity contribution >= 4 is 39.8 Å². The molecule has 2 N–H and O–H groups in total. The molecular formula is C13H14IN3. The van der Waals surface area contributed by atoms with Crippen molar-refractivity contribution in [2.45, 2.75) is 6.92 Å². The van der Waals surface area contributed by atoms with Crippen molar-refractivity contribution in [3.63, 3.8) is 0 Å². The van der Waals surface area contributed by atoms with E-state index in [4.69, 9.17) is 0 Å². The molecule has 0 bridgehead atoms. The lowest BCUT2D eigenvalue weighted by molar-refractivity contribution is 1.16. The van der Waals surface area contributed by atoms with Gasteiger partial charge in [-0.25, -0.2) is 4.98 Å². The number of halogens is 1. The molecule has 0 aliphatic carbocycles. The van der Waals surface area contributed by atoms with E-state index in [9.17, 15) is 0 Å². The Labute approximate surface area is 115 Å². The number of hydrogen-bond acceptors (Lipinski definition) is 3. The molecule has 1 heterocycles. The van der Waals surface area contributed by atoms with Crippen molar-refractivity contribution in [2.24, 2.45) is 0 Å². The summed E-state index contributed by atoms with van der Waals surface area (Å²) in [6.45, 7) is 2.93. The highest BCUT2D eigenvalue weighted by Gasteiger charge is 2.00. The van der Waals surface area contributed by atoms with Gasteiger partial charge in [0.15, 0.2) is 0 Å². The van der Waals surface area contributed by atoms with Crippen LogP contribution >= 0.6 is 22.6 Å². The Morgan fingerprint density at radius 2 is 2.06 bits per heavy atom. The van der Waals surface area contributed by atoms with Gasteiger partial charge in [-0.15, -0.1) is 0 Å². The molecule has 4 heteroatoms. The van der Waals surface area contributed by atoms with Crippen molar-refractivity contribution in [1.29, 1.82) is 0 Å². The summed E-state index contributed by atoms with van der Waals surface area (Å²) in [6.07, 6.45) is 1.80. The summed E-state index contributed by atoms with van der Waals surface area (Å²) in [4.78, 5) is 4.24. The number of anilines is 3. The molecule has 2 rings (SSSR count). The number of para-hydroxylation sites is 1. The quantitative estimate of drug-likeness (QED) is 0.831. The Morgan fingerprint density at radius 3 is 2.82 bits per heavy atom. The first kappa shape index (κ1) is 12.2. The lowest BCUT2D eigenvalue weighted by Crippen LogP contribution is -2.00. The van der Waals surface area contributed by atoms with Crippen LogP contribution in [0.4, 0.5) is 17.2 Å². The minimum absolute atomic E-state index is 0.874. The minimum Gasteiger partial charge on any atom is -0.370 e. The van der Waals surface area contributed by atoms with E-state index in [2.05, 4.69) is 57.3 Å². The van der Waals surface area contributed by atoms with E-state index in [0.29, 0.717) is 0 Å². The Hall–Kier alpha value is -1.30. The van der Waals surface area contributed by atoms with Gasteiger partial charge in [-0.1, -0.05) is 12.1 Å². The van der Waals surface area contributed by atoms with Crippen LogP contribution in [0.1, 0.15) is 6.92 Å². The molecule has 0 saturated heterocycles. The molecule has 0 aliphatic rings. The van der Waals surface area contributed by atoms with E-state index in [0.717, 1.165) is 23.7 Å². The first-order valence-electron chi connectivity index (χ1n) is 5.51. The lowest BCUT2D eigenvalue weighted by atomic mass is 10.3. The lowest BCUT2D eigenvalue weighted by Gasteiger charge is -2.09. The molecule has 0 radical (unpaired) electrons. The molecule has 0 unspecified atom stereocenters. The molecule has 0 saturated carbocycles. The minimum atomic E-state index is 0.874. The van der Waals surface area contributed by atoms with Crippen LogP contribution < -0.4 is 10.6 Å². The summed E-state index contributed by atoms with van der Waals surface area (Å²) in [6, 6.07) is 12.2. The van der Waals surface area contributed by atoms with E-state index < -0.39 is 0 Å². The van der Waals surface area contributed by atoms with Crippen molar-refractivity contribution < 1.29 is 0 Å². The molecule has 1 aromatic heterocycles. The smallest absolute Gasteiger partial charge is 0.127 e. The fraction of sp³-hybridized carbons (Fsp3) is 0.154. The first-order valence-corrected chi connectivity index (χ1v) is 6.59. The summed E-state index contributed by atoms with van der Waals surface area (Å²) in [5.41, 5.74) is 2.15. The molecule has 1 aromatic carbocycles. The average molecular weight is 339 g/mol. The van der Waals surface area contributed by atoms with Gasteiger partial charge in [0, 0.05) is 28.1 Å². The van der Waals surface area contributed by atoms with Crippen LogP contribution in [0.5, 0.6) is 0 Å². The SMILES string of the molecule is CCNc1cc(Nc2ccccc2I)ccn1. The second-order valence-electron chi connectivity index (χ2n) is 3.56. The molecule has 0 aliphatic heterocycles. The largest absolute Gasteiger partial charge is 0.370 e. The standard InChI is InChI=1S/C13H14IN3/c1-2-15-13-9-10(7-8-16-13)17-12-6-4-3-5-11(12)14/h3-9H,2H2,1H3,(H2,15,16,17). The zero-order valence-corrected chi connectivity index (χ0v) is 11.7. The third-order valence-corrected chi connectivity index (χ3v) is 3.21. The molecule has 0 amide bonds. The number of hydrogen-bond donors (Lipinski definition) is 2. The molecule has 17 heavy (non-hydrogen) atoms. The summed E-state index contributed by atoms with van der Waals surface area (Å²) in [7, 11) is 0. The Morgan fingerprint density at radius 1 is 1.24 bits per heavy atom. The Balaban J connectivity index is 2.18. The zero-order chi connectivity index (χ0) is 12.1. The highest BCUT2D eigenvalue weighted by atomic mass is 127. The predicted octanol–water partition coefficient (Wildman–Crippen LogP) is 3.86. The Kier molecular flexibility index (Phi) is 4.19. The zero-order valence-electron chi connectivity index (χ0n) is 9.57. The second-order valence-corrected chi connectivity index (χ2v) is 4.73. The van der Waals surface area contributed by atoms with Crippen LogP contribution in [0, 0.1) is 3.57 Å². The molecule has 0 atom stereocenters. The highest BCUT2D eigenvalue weighted by molar-refractivity contribution is 14.1. The fourth-order valence-corrected chi connectivity index (χ4v) is 2.03. The number of nitrogens with zero attached hydrogens (tertiary/aromatic N) is 1. The normalized spacial score (nSPS) is 10.0. The van der Waals surface area contributed by atoms with E-state index in [1.165, 1.54) is 3.57 Å². The molecule has 3 nitrogen and oxygen atoms in total. The monoisotopic (exact) mass is 339 g/mol. The summed E-state index contributed by atoms with van der Waals surface area (Å²) >= 11 is 2.32. The maximum atomic E-state index is 4.24. The van der Waals surface area contributed by atoms with Gasteiger partial charge in [0.2, 0.25) is 0 Å². The number of aromatic nitrogens is 1. The van der Waals surface area contributed by atoms with Gasteiger partial charge in [0.25, 0.3) is 0 Å². The number of benzene rings is 1. The molecular weight excluding hydrogens is 325 g/mol. The van der Waals surface area contributed by atoms with Crippen molar-refractivity contribution in [3.05, 3.63) is 46.2 Å².